The van der Waals surface area contributed by atoms with Crippen molar-refractivity contribution in [1.29, 1.82) is 0 Å². The number of Topliss-reactive ketones (excluding diaryl/α,β-unsaturated/α-hetero) is 1. The summed E-state index contributed by atoms with van der Waals surface area (Å²) in [5.41, 5.74) is 2.15. The number of carbonyl (C=O) groups excluding carboxylic acids is 3. The SMILES string of the molecule is CC(=O)c1nn(CC(=O)N2C[C@H](F)C[C@H]2C(=O)Nc2cccc(Br)n2)c2ccc(-c3cnc(Cl)nc3)cc12. The maximum absolute atomic E-state index is 14.4. The van der Waals surface area contributed by atoms with Crippen LogP contribution in [-0.4, -0.2) is 66.0 Å². The van der Waals surface area contributed by atoms with Crippen molar-refractivity contribution < 1.29 is 18.8 Å². The lowest BCUT2D eigenvalue weighted by Gasteiger charge is -2.23. The number of fused-ring (bicyclic) bond motifs is 1. The van der Waals surface area contributed by atoms with Gasteiger partial charge in [-0.05, 0) is 57.4 Å². The average Bonchev–Trinajstić information content (AvgIpc) is 3.45. The van der Waals surface area contributed by atoms with Crippen LogP contribution in [0.2, 0.25) is 5.28 Å². The lowest BCUT2D eigenvalue weighted by Crippen LogP contribution is -2.44. The van der Waals surface area contributed by atoms with Crippen LogP contribution in [0.1, 0.15) is 23.8 Å². The van der Waals surface area contributed by atoms with Crippen LogP contribution in [0, 0.1) is 0 Å². The Morgan fingerprint density at radius 3 is 2.63 bits per heavy atom. The van der Waals surface area contributed by atoms with Crippen molar-refractivity contribution in [3.63, 3.8) is 0 Å². The van der Waals surface area contributed by atoms with Gasteiger partial charge in [-0.3, -0.25) is 19.1 Å². The van der Waals surface area contributed by atoms with Gasteiger partial charge in [0.05, 0.1) is 12.1 Å². The fourth-order valence-electron chi connectivity index (χ4n) is 4.42. The summed E-state index contributed by atoms with van der Waals surface area (Å²) < 4.78 is 16.3. The molecule has 10 nitrogen and oxygen atoms in total. The molecule has 1 aliphatic heterocycles. The summed E-state index contributed by atoms with van der Waals surface area (Å²) in [6.45, 7) is 0.887. The normalized spacial score (nSPS) is 17.1. The predicted octanol–water partition coefficient (Wildman–Crippen LogP) is 4.08. The van der Waals surface area contributed by atoms with E-state index < -0.39 is 24.0 Å². The molecule has 3 aromatic heterocycles. The average molecular weight is 601 g/mol. The Morgan fingerprint density at radius 2 is 1.92 bits per heavy atom. The summed E-state index contributed by atoms with van der Waals surface area (Å²) in [7, 11) is 0. The van der Waals surface area contributed by atoms with Crippen molar-refractivity contribution in [2.24, 2.45) is 0 Å². The highest BCUT2D eigenvalue weighted by molar-refractivity contribution is 9.10. The quantitative estimate of drug-likeness (QED) is 0.201. The van der Waals surface area contributed by atoms with Crippen LogP contribution in [0.25, 0.3) is 22.0 Å². The van der Waals surface area contributed by atoms with Crippen LogP contribution in [0.5, 0.6) is 0 Å². The molecule has 0 radical (unpaired) electrons. The molecule has 1 N–H and O–H groups in total. The van der Waals surface area contributed by atoms with Crippen LogP contribution >= 0.6 is 27.5 Å². The van der Waals surface area contributed by atoms with Gasteiger partial charge in [0.15, 0.2) is 5.78 Å². The number of carbonyl (C=O) groups is 3. The third kappa shape index (κ3) is 5.27. The molecule has 1 aromatic carbocycles. The number of nitrogens with zero attached hydrogens (tertiary/aromatic N) is 6. The van der Waals surface area contributed by atoms with Gasteiger partial charge in [-0.2, -0.15) is 5.10 Å². The zero-order chi connectivity index (χ0) is 27.0. The number of pyridine rings is 1. The van der Waals surface area contributed by atoms with Crippen LogP contribution in [0.3, 0.4) is 0 Å². The molecule has 1 aliphatic rings. The van der Waals surface area contributed by atoms with E-state index in [0.717, 1.165) is 5.56 Å². The van der Waals surface area contributed by atoms with Crippen molar-refractivity contribution >= 4 is 61.8 Å². The molecule has 0 aliphatic carbocycles. The summed E-state index contributed by atoms with van der Waals surface area (Å²) in [6.07, 6.45) is 1.65. The number of anilines is 1. The maximum Gasteiger partial charge on any atom is 0.248 e. The van der Waals surface area contributed by atoms with Gasteiger partial charge in [-0.25, -0.2) is 19.3 Å². The first-order valence-corrected chi connectivity index (χ1v) is 12.7. The highest BCUT2D eigenvalue weighted by Crippen LogP contribution is 2.28. The third-order valence-corrected chi connectivity index (χ3v) is 6.80. The number of nitrogens with one attached hydrogen (secondary N) is 1. The molecule has 4 aromatic rings. The number of aromatic nitrogens is 5. The first kappa shape index (κ1) is 25.9. The molecular formula is C25H20BrClFN7O3. The van der Waals surface area contributed by atoms with E-state index in [1.807, 2.05) is 0 Å². The van der Waals surface area contributed by atoms with E-state index >= 15 is 0 Å². The van der Waals surface area contributed by atoms with Gasteiger partial charge in [0.25, 0.3) is 0 Å². The van der Waals surface area contributed by atoms with Crippen LogP contribution in [-0.2, 0) is 16.1 Å². The van der Waals surface area contributed by atoms with Crippen LogP contribution in [0.15, 0.2) is 53.4 Å². The van der Waals surface area contributed by atoms with Crippen molar-refractivity contribution in [2.75, 3.05) is 11.9 Å². The monoisotopic (exact) mass is 599 g/mol. The Morgan fingerprint density at radius 1 is 1.16 bits per heavy atom. The molecule has 0 saturated carbocycles. The molecular weight excluding hydrogens is 581 g/mol. The molecule has 13 heteroatoms. The number of ketones is 1. The molecule has 2 atom stereocenters. The number of likely N-dealkylation sites (tertiary alicyclic amines) is 1. The van der Waals surface area contributed by atoms with E-state index in [0.29, 0.717) is 21.1 Å². The Labute approximate surface area is 229 Å². The molecule has 4 heterocycles. The van der Waals surface area contributed by atoms with Gasteiger partial charge in [0, 0.05) is 36.7 Å². The van der Waals surface area contributed by atoms with Crippen molar-refractivity contribution in [1.82, 2.24) is 29.6 Å². The molecule has 0 spiro atoms. The second-order valence-corrected chi connectivity index (χ2v) is 9.92. The van der Waals surface area contributed by atoms with Crippen LogP contribution < -0.4 is 5.32 Å². The molecule has 0 bridgehead atoms. The molecule has 1 fully saturated rings. The zero-order valence-corrected chi connectivity index (χ0v) is 22.3. The number of hydrogen-bond acceptors (Lipinski definition) is 7. The summed E-state index contributed by atoms with van der Waals surface area (Å²) in [5.74, 6) is -1.03. The Balaban J connectivity index is 1.41. The minimum atomic E-state index is -1.35. The van der Waals surface area contributed by atoms with Gasteiger partial charge < -0.3 is 10.2 Å². The van der Waals surface area contributed by atoms with Gasteiger partial charge in [0.1, 0.15) is 34.9 Å². The summed E-state index contributed by atoms with van der Waals surface area (Å²) in [5, 5.41) is 7.67. The van der Waals surface area contributed by atoms with E-state index in [9.17, 15) is 18.8 Å². The van der Waals surface area contributed by atoms with E-state index in [2.05, 4.69) is 41.3 Å². The predicted molar refractivity (Wildman–Crippen MR) is 141 cm³/mol. The smallest absolute Gasteiger partial charge is 0.248 e. The second kappa shape index (κ2) is 10.5. The Kier molecular flexibility index (Phi) is 7.17. The second-order valence-electron chi connectivity index (χ2n) is 8.76. The summed E-state index contributed by atoms with van der Waals surface area (Å²) in [6, 6.07) is 9.27. The largest absolute Gasteiger partial charge is 0.326 e. The maximum atomic E-state index is 14.4. The Hall–Kier alpha value is -3.77. The standard InChI is InChI=1S/C25H20BrClFN7O3/c1-13(36)23-17-7-14(15-9-29-25(27)30-10-15)5-6-18(17)35(33-23)12-22(37)34-11-16(28)8-19(34)24(38)32-21-4-2-3-20(26)31-21/h2-7,9-10,16,19H,8,11-12H2,1H3,(H,31,32,38)/t16-,19+/m1/s1. The summed E-state index contributed by atoms with van der Waals surface area (Å²) in [4.78, 5) is 51.9. The number of amides is 2. The highest BCUT2D eigenvalue weighted by atomic mass is 79.9. The first-order valence-electron chi connectivity index (χ1n) is 11.6. The molecule has 5 rings (SSSR count). The van der Waals surface area contributed by atoms with Crippen molar-refractivity contribution in [3.8, 4) is 11.1 Å². The third-order valence-electron chi connectivity index (χ3n) is 6.16. The van der Waals surface area contributed by atoms with Gasteiger partial charge in [-0.15, -0.1) is 0 Å². The van der Waals surface area contributed by atoms with Crippen LogP contribution in [0.4, 0.5) is 10.2 Å². The van der Waals surface area contributed by atoms with E-state index in [4.69, 9.17) is 11.6 Å². The first-order chi connectivity index (χ1) is 18.2. The van der Waals surface area contributed by atoms with Crippen molar-refractivity contribution in [3.05, 3.63) is 64.4 Å². The number of hydrogen-bond donors (Lipinski definition) is 1. The van der Waals surface area contributed by atoms with E-state index in [-0.39, 0.29) is 42.1 Å². The Bertz CT molecular complexity index is 1560. The molecule has 0 unspecified atom stereocenters. The lowest BCUT2D eigenvalue weighted by molar-refractivity contribution is -0.137. The molecule has 1 saturated heterocycles. The van der Waals surface area contributed by atoms with Gasteiger partial charge in [-0.1, -0.05) is 12.1 Å². The minimum Gasteiger partial charge on any atom is -0.326 e. The molecule has 194 valence electrons. The fraction of sp³-hybridized carbons (Fsp3) is 0.240. The molecule has 2 amide bonds. The summed E-state index contributed by atoms with van der Waals surface area (Å²) >= 11 is 9.02. The van der Waals surface area contributed by atoms with Crippen molar-refractivity contribution in [2.45, 2.75) is 32.1 Å². The minimum absolute atomic E-state index is 0.114. The highest BCUT2D eigenvalue weighted by Gasteiger charge is 2.40. The zero-order valence-electron chi connectivity index (χ0n) is 19.9. The fourth-order valence-corrected chi connectivity index (χ4v) is 4.86. The number of benzene rings is 1. The molecule has 38 heavy (non-hydrogen) atoms. The number of rotatable bonds is 6. The van der Waals surface area contributed by atoms with Gasteiger partial charge in [0.2, 0.25) is 17.1 Å². The van der Waals surface area contributed by atoms with E-state index in [1.54, 1.807) is 48.8 Å². The number of halogens is 3. The van der Waals surface area contributed by atoms with E-state index in [1.165, 1.54) is 16.5 Å². The lowest BCUT2D eigenvalue weighted by atomic mass is 10.0. The van der Waals surface area contributed by atoms with Gasteiger partial charge >= 0.3 is 0 Å². The topological polar surface area (TPSA) is 123 Å². The number of alkyl halides is 1.